The van der Waals surface area contributed by atoms with Gasteiger partial charge in [0.2, 0.25) is 0 Å². The van der Waals surface area contributed by atoms with Crippen LogP contribution in [0.1, 0.15) is 26.2 Å². The molecule has 3 heteroatoms. The Morgan fingerprint density at radius 1 is 1.38 bits per heavy atom. The van der Waals surface area contributed by atoms with Gasteiger partial charge in [0.15, 0.2) is 0 Å². The van der Waals surface area contributed by atoms with Crippen molar-refractivity contribution in [3.63, 3.8) is 0 Å². The fraction of sp³-hybridized carbons (Fsp3) is 0.900. The molecule has 1 heterocycles. The van der Waals surface area contributed by atoms with E-state index in [1.807, 2.05) is 0 Å². The topological polar surface area (TPSA) is 35.5 Å². The molecule has 0 bridgehead atoms. The van der Waals surface area contributed by atoms with Crippen LogP contribution in [0.5, 0.6) is 0 Å². The first kappa shape index (κ1) is 9.16. The molecule has 74 valence electrons. The van der Waals surface area contributed by atoms with E-state index < -0.39 is 0 Å². The average molecular weight is 184 g/mol. The van der Waals surface area contributed by atoms with Crippen molar-refractivity contribution < 1.29 is 14.3 Å². The first-order chi connectivity index (χ1) is 6.23. The smallest absolute Gasteiger partial charge is 0.146 e. The Kier molecular flexibility index (Phi) is 2.39. The maximum absolute atomic E-state index is 11.8. The molecular formula is C10H16O3. The van der Waals surface area contributed by atoms with Crippen molar-refractivity contribution in [2.75, 3.05) is 20.0 Å². The number of carbonyl (C=O) groups excluding carboxylic acids is 1. The van der Waals surface area contributed by atoms with Crippen molar-refractivity contribution >= 4 is 5.78 Å². The predicted molar refractivity (Wildman–Crippen MR) is 47.2 cm³/mol. The van der Waals surface area contributed by atoms with Gasteiger partial charge in [-0.05, 0) is 18.8 Å². The number of ketones is 1. The summed E-state index contributed by atoms with van der Waals surface area (Å²) in [6.45, 7) is 3.62. The van der Waals surface area contributed by atoms with Gasteiger partial charge in [-0.25, -0.2) is 0 Å². The van der Waals surface area contributed by atoms with Crippen molar-refractivity contribution in [1.29, 1.82) is 0 Å². The highest BCUT2D eigenvalue weighted by molar-refractivity contribution is 5.86. The van der Waals surface area contributed by atoms with E-state index in [9.17, 15) is 4.79 Å². The fourth-order valence-electron chi connectivity index (χ4n) is 2.18. The maximum atomic E-state index is 11.8. The summed E-state index contributed by atoms with van der Waals surface area (Å²) in [7, 11) is 0. The Bertz CT molecular complexity index is 206. The highest BCUT2D eigenvalue weighted by Gasteiger charge is 2.43. The molecule has 1 saturated heterocycles. The number of carbonyl (C=O) groups is 1. The quantitative estimate of drug-likeness (QED) is 0.570. The second kappa shape index (κ2) is 3.39. The number of ether oxygens (including phenoxy) is 2. The number of hydrogen-bond donors (Lipinski definition) is 0. The molecule has 0 N–H and O–H groups in total. The first-order valence-corrected chi connectivity index (χ1v) is 4.92. The second-order valence-electron chi connectivity index (χ2n) is 4.37. The van der Waals surface area contributed by atoms with Gasteiger partial charge in [-0.1, -0.05) is 6.92 Å². The van der Waals surface area contributed by atoms with Gasteiger partial charge < -0.3 is 9.47 Å². The summed E-state index contributed by atoms with van der Waals surface area (Å²) in [4.78, 5) is 11.8. The van der Waals surface area contributed by atoms with E-state index in [2.05, 4.69) is 6.92 Å². The SMILES string of the molecule is CC1CCC2(COCOC2)C(=O)C1. The molecule has 1 aliphatic heterocycles. The molecule has 13 heavy (non-hydrogen) atoms. The largest absolute Gasteiger partial charge is 0.354 e. The van der Waals surface area contributed by atoms with Crippen LogP contribution in [0, 0.1) is 11.3 Å². The first-order valence-electron chi connectivity index (χ1n) is 4.92. The summed E-state index contributed by atoms with van der Waals surface area (Å²) < 4.78 is 10.5. The Morgan fingerprint density at radius 2 is 2.08 bits per heavy atom. The highest BCUT2D eigenvalue weighted by atomic mass is 16.7. The minimum absolute atomic E-state index is 0.287. The summed E-state index contributed by atoms with van der Waals surface area (Å²) in [5.74, 6) is 0.881. The van der Waals surface area contributed by atoms with Crippen molar-refractivity contribution in [1.82, 2.24) is 0 Å². The standard InChI is InChI=1S/C10H16O3/c1-8-2-3-10(9(11)4-8)5-12-7-13-6-10/h8H,2-7H2,1H3. The summed E-state index contributed by atoms with van der Waals surface area (Å²) in [6, 6.07) is 0. The van der Waals surface area contributed by atoms with Crippen LogP contribution < -0.4 is 0 Å². The lowest BCUT2D eigenvalue weighted by atomic mass is 9.70. The van der Waals surface area contributed by atoms with Gasteiger partial charge in [-0.3, -0.25) is 4.79 Å². The third-order valence-corrected chi connectivity index (χ3v) is 3.16. The summed E-state index contributed by atoms with van der Waals surface area (Å²) in [5.41, 5.74) is -0.287. The van der Waals surface area contributed by atoms with Crippen molar-refractivity contribution in [3.8, 4) is 0 Å². The molecule has 3 nitrogen and oxygen atoms in total. The molecule has 0 radical (unpaired) electrons. The van der Waals surface area contributed by atoms with E-state index in [4.69, 9.17) is 9.47 Å². The van der Waals surface area contributed by atoms with Crippen molar-refractivity contribution in [3.05, 3.63) is 0 Å². The summed E-state index contributed by atoms with van der Waals surface area (Å²) in [6.07, 6.45) is 2.76. The van der Waals surface area contributed by atoms with Crippen molar-refractivity contribution in [2.45, 2.75) is 26.2 Å². The van der Waals surface area contributed by atoms with E-state index in [1.165, 1.54) is 0 Å². The van der Waals surface area contributed by atoms with Crippen LogP contribution in [0.25, 0.3) is 0 Å². The molecule has 2 aliphatic rings. The zero-order chi connectivity index (χ0) is 9.31. The molecule has 1 unspecified atom stereocenters. The zero-order valence-corrected chi connectivity index (χ0v) is 8.04. The second-order valence-corrected chi connectivity index (χ2v) is 4.37. The van der Waals surface area contributed by atoms with Crippen molar-refractivity contribution in [2.24, 2.45) is 11.3 Å². The molecule has 1 aliphatic carbocycles. The van der Waals surface area contributed by atoms with E-state index in [0.717, 1.165) is 12.8 Å². The van der Waals surface area contributed by atoms with E-state index in [0.29, 0.717) is 38.1 Å². The molecule has 1 atom stereocenters. The fourth-order valence-corrected chi connectivity index (χ4v) is 2.18. The number of hydrogen-bond acceptors (Lipinski definition) is 3. The van der Waals surface area contributed by atoms with Gasteiger partial charge in [0.25, 0.3) is 0 Å². The summed E-state index contributed by atoms with van der Waals surface area (Å²) >= 11 is 0. The van der Waals surface area contributed by atoms with Crippen LogP contribution in [-0.2, 0) is 14.3 Å². The molecule has 1 spiro atoms. The third-order valence-electron chi connectivity index (χ3n) is 3.16. The zero-order valence-electron chi connectivity index (χ0n) is 8.04. The molecular weight excluding hydrogens is 168 g/mol. The lowest BCUT2D eigenvalue weighted by Gasteiger charge is -2.39. The van der Waals surface area contributed by atoms with Gasteiger partial charge in [-0.15, -0.1) is 0 Å². The van der Waals surface area contributed by atoms with Crippen LogP contribution in [0.15, 0.2) is 0 Å². The average Bonchev–Trinajstić information content (AvgIpc) is 2.14. The van der Waals surface area contributed by atoms with Crippen LogP contribution >= 0.6 is 0 Å². The molecule has 2 rings (SSSR count). The normalized spacial score (nSPS) is 33.6. The Hall–Kier alpha value is -0.410. The minimum atomic E-state index is -0.287. The molecule has 0 aromatic heterocycles. The predicted octanol–water partition coefficient (Wildman–Crippen LogP) is 1.37. The van der Waals surface area contributed by atoms with Gasteiger partial charge >= 0.3 is 0 Å². The highest BCUT2D eigenvalue weighted by Crippen LogP contribution is 2.37. The molecule has 0 aromatic carbocycles. The Morgan fingerprint density at radius 3 is 2.69 bits per heavy atom. The Labute approximate surface area is 78.4 Å². The molecule has 2 fully saturated rings. The molecule has 1 saturated carbocycles. The minimum Gasteiger partial charge on any atom is -0.354 e. The van der Waals surface area contributed by atoms with Gasteiger partial charge in [0.05, 0.1) is 18.6 Å². The van der Waals surface area contributed by atoms with Crippen LogP contribution in [-0.4, -0.2) is 25.8 Å². The van der Waals surface area contributed by atoms with Gasteiger partial charge in [-0.2, -0.15) is 0 Å². The number of rotatable bonds is 0. The third kappa shape index (κ3) is 1.63. The van der Waals surface area contributed by atoms with Gasteiger partial charge in [0.1, 0.15) is 12.6 Å². The monoisotopic (exact) mass is 184 g/mol. The molecule has 0 aromatic rings. The lowest BCUT2D eigenvalue weighted by Crippen LogP contribution is -2.47. The molecule has 0 amide bonds. The van der Waals surface area contributed by atoms with Crippen LogP contribution in [0.4, 0.5) is 0 Å². The lowest BCUT2D eigenvalue weighted by molar-refractivity contribution is -0.182. The van der Waals surface area contributed by atoms with Gasteiger partial charge in [0, 0.05) is 6.42 Å². The van der Waals surface area contributed by atoms with E-state index >= 15 is 0 Å². The maximum Gasteiger partial charge on any atom is 0.146 e. The Balaban J connectivity index is 2.08. The van der Waals surface area contributed by atoms with E-state index in [-0.39, 0.29) is 5.41 Å². The van der Waals surface area contributed by atoms with Crippen LogP contribution in [0.2, 0.25) is 0 Å². The number of Topliss-reactive ketones (excluding diaryl/α,β-unsaturated/α-hetero) is 1. The summed E-state index contributed by atoms with van der Waals surface area (Å²) in [5, 5.41) is 0. The van der Waals surface area contributed by atoms with Crippen LogP contribution in [0.3, 0.4) is 0 Å². The van der Waals surface area contributed by atoms with E-state index in [1.54, 1.807) is 0 Å².